The molecule has 0 saturated carbocycles. The average Bonchev–Trinajstić information content (AvgIpc) is 2.81. The highest BCUT2D eigenvalue weighted by Gasteiger charge is 2.25. The predicted molar refractivity (Wildman–Crippen MR) is 72.5 cm³/mol. The Morgan fingerprint density at radius 2 is 2.33 bits per heavy atom. The molecule has 3 heteroatoms. The summed E-state index contributed by atoms with van der Waals surface area (Å²) >= 11 is 0. The summed E-state index contributed by atoms with van der Waals surface area (Å²) in [6.45, 7) is 5.41. The van der Waals surface area contributed by atoms with Crippen LogP contribution in [0.2, 0.25) is 0 Å². The highest BCUT2D eigenvalue weighted by atomic mass is 16.3. The first-order valence-electron chi connectivity index (χ1n) is 6.86. The Balaban J connectivity index is 1.89. The van der Waals surface area contributed by atoms with Crippen molar-refractivity contribution in [3.05, 3.63) is 29.7 Å². The van der Waals surface area contributed by atoms with Crippen LogP contribution in [-0.2, 0) is 0 Å². The molecule has 0 amide bonds. The molecule has 3 nitrogen and oxygen atoms in total. The van der Waals surface area contributed by atoms with Crippen molar-refractivity contribution in [1.29, 1.82) is 0 Å². The van der Waals surface area contributed by atoms with Crippen molar-refractivity contribution < 1.29 is 4.42 Å². The normalized spacial score (nSPS) is 24.6. The van der Waals surface area contributed by atoms with Gasteiger partial charge in [0.2, 0.25) is 5.89 Å². The minimum atomic E-state index is 0.288. The summed E-state index contributed by atoms with van der Waals surface area (Å²) in [5.74, 6) is 1.65. The van der Waals surface area contributed by atoms with Crippen molar-refractivity contribution in [2.24, 2.45) is 5.92 Å². The topological polar surface area (TPSA) is 38.1 Å². The zero-order valence-corrected chi connectivity index (χ0v) is 11.1. The Bertz CT molecular complexity index is 546. The van der Waals surface area contributed by atoms with Gasteiger partial charge in [0.15, 0.2) is 5.58 Å². The Morgan fingerprint density at radius 3 is 3.17 bits per heavy atom. The van der Waals surface area contributed by atoms with E-state index in [1.807, 2.05) is 6.07 Å². The monoisotopic (exact) mass is 244 g/mol. The molecule has 1 aromatic carbocycles. The maximum Gasteiger partial charge on any atom is 0.212 e. The third-order valence-electron chi connectivity index (χ3n) is 3.95. The Labute approximate surface area is 108 Å². The van der Waals surface area contributed by atoms with Crippen molar-refractivity contribution in [3.8, 4) is 0 Å². The van der Waals surface area contributed by atoms with Crippen molar-refractivity contribution >= 4 is 11.1 Å². The molecule has 0 spiro atoms. The number of nitrogens with zero attached hydrogens (tertiary/aromatic N) is 1. The van der Waals surface area contributed by atoms with Crippen molar-refractivity contribution in [1.82, 2.24) is 10.3 Å². The molecule has 0 bridgehead atoms. The van der Waals surface area contributed by atoms with E-state index < -0.39 is 0 Å². The lowest BCUT2D eigenvalue weighted by molar-refractivity contribution is 0.268. The Kier molecular flexibility index (Phi) is 3.08. The van der Waals surface area contributed by atoms with E-state index >= 15 is 0 Å². The van der Waals surface area contributed by atoms with Gasteiger partial charge in [-0.25, -0.2) is 4.98 Å². The number of oxazole rings is 1. The van der Waals surface area contributed by atoms with Gasteiger partial charge in [0.25, 0.3) is 0 Å². The summed E-state index contributed by atoms with van der Waals surface area (Å²) in [5, 5.41) is 3.52. The second-order valence-corrected chi connectivity index (χ2v) is 5.33. The van der Waals surface area contributed by atoms with E-state index in [-0.39, 0.29) is 6.04 Å². The zero-order chi connectivity index (χ0) is 12.5. The van der Waals surface area contributed by atoms with E-state index in [1.54, 1.807) is 0 Å². The van der Waals surface area contributed by atoms with Crippen LogP contribution in [0.15, 0.2) is 22.6 Å². The molecule has 96 valence electrons. The van der Waals surface area contributed by atoms with Gasteiger partial charge < -0.3 is 9.73 Å². The van der Waals surface area contributed by atoms with Gasteiger partial charge in [-0.15, -0.1) is 0 Å². The molecule has 0 radical (unpaired) electrons. The quantitative estimate of drug-likeness (QED) is 0.877. The molecule has 1 N–H and O–H groups in total. The third-order valence-corrected chi connectivity index (χ3v) is 3.95. The fraction of sp³-hybridized carbons (Fsp3) is 0.533. The fourth-order valence-corrected chi connectivity index (χ4v) is 2.75. The molecule has 1 fully saturated rings. The van der Waals surface area contributed by atoms with Crippen LogP contribution >= 0.6 is 0 Å². The smallest absolute Gasteiger partial charge is 0.212 e. The van der Waals surface area contributed by atoms with Crippen LogP contribution in [0.5, 0.6) is 0 Å². The molecule has 0 aliphatic carbocycles. The molecule has 2 aromatic rings. The van der Waals surface area contributed by atoms with E-state index in [2.05, 4.69) is 36.3 Å². The molecule has 1 aliphatic heterocycles. The van der Waals surface area contributed by atoms with Gasteiger partial charge in [0.1, 0.15) is 5.52 Å². The zero-order valence-electron chi connectivity index (χ0n) is 11.1. The van der Waals surface area contributed by atoms with Crippen molar-refractivity contribution in [2.75, 3.05) is 6.54 Å². The fourth-order valence-electron chi connectivity index (χ4n) is 2.75. The summed E-state index contributed by atoms with van der Waals surface area (Å²) in [5.41, 5.74) is 3.09. The van der Waals surface area contributed by atoms with E-state index in [0.717, 1.165) is 35.9 Å². The number of nitrogens with one attached hydrogen (secondary N) is 1. The first-order chi connectivity index (χ1) is 8.76. The first-order valence-corrected chi connectivity index (χ1v) is 6.86. The molecule has 1 aromatic heterocycles. The van der Waals surface area contributed by atoms with E-state index in [1.165, 1.54) is 18.4 Å². The van der Waals surface area contributed by atoms with Crippen LogP contribution in [0, 0.1) is 12.8 Å². The number of piperidine rings is 1. The minimum absolute atomic E-state index is 0.288. The molecule has 2 unspecified atom stereocenters. The molecule has 2 atom stereocenters. The molecule has 1 saturated heterocycles. The van der Waals surface area contributed by atoms with Crippen LogP contribution in [0.3, 0.4) is 0 Å². The Morgan fingerprint density at radius 1 is 1.44 bits per heavy atom. The van der Waals surface area contributed by atoms with Gasteiger partial charge in [-0.1, -0.05) is 19.4 Å². The average molecular weight is 244 g/mol. The molecule has 2 heterocycles. The lowest BCUT2D eigenvalue weighted by Crippen LogP contribution is -2.31. The van der Waals surface area contributed by atoms with E-state index in [0.29, 0.717) is 0 Å². The van der Waals surface area contributed by atoms with Gasteiger partial charge in [-0.05, 0) is 49.9 Å². The van der Waals surface area contributed by atoms with Crippen LogP contribution in [0.1, 0.15) is 43.7 Å². The van der Waals surface area contributed by atoms with Crippen LogP contribution in [0.4, 0.5) is 0 Å². The van der Waals surface area contributed by atoms with Crippen molar-refractivity contribution in [3.63, 3.8) is 0 Å². The number of hydrogen-bond donors (Lipinski definition) is 1. The lowest BCUT2D eigenvalue weighted by Gasteiger charge is -2.27. The number of benzene rings is 1. The second kappa shape index (κ2) is 4.73. The first kappa shape index (κ1) is 11.7. The predicted octanol–water partition coefficient (Wildman–Crippen LogP) is 3.59. The Hall–Kier alpha value is -1.35. The molecule has 3 rings (SSSR count). The standard InChI is InChI=1S/C15H20N2O/c1-3-11-6-7-16-13(9-11)15-17-12-5-4-10(2)8-14(12)18-15/h4-5,8,11,13,16H,3,6-7,9H2,1-2H3. The van der Waals surface area contributed by atoms with Gasteiger partial charge in [-0.3, -0.25) is 0 Å². The highest BCUT2D eigenvalue weighted by molar-refractivity contribution is 5.73. The number of aromatic nitrogens is 1. The van der Waals surface area contributed by atoms with Crippen molar-refractivity contribution in [2.45, 2.75) is 39.2 Å². The number of fused-ring (bicyclic) bond motifs is 1. The van der Waals surface area contributed by atoms with Gasteiger partial charge >= 0.3 is 0 Å². The molecular weight excluding hydrogens is 224 g/mol. The summed E-state index contributed by atoms with van der Waals surface area (Å²) in [4.78, 5) is 4.62. The number of rotatable bonds is 2. The second-order valence-electron chi connectivity index (χ2n) is 5.33. The van der Waals surface area contributed by atoms with Gasteiger partial charge in [0, 0.05) is 0 Å². The number of aryl methyl sites for hydroxylation is 1. The third kappa shape index (κ3) is 2.15. The summed E-state index contributed by atoms with van der Waals surface area (Å²) < 4.78 is 5.91. The van der Waals surface area contributed by atoms with Crippen LogP contribution in [0.25, 0.3) is 11.1 Å². The SMILES string of the molecule is CCC1CCNC(c2nc3ccc(C)cc3o2)C1. The van der Waals surface area contributed by atoms with E-state index in [4.69, 9.17) is 4.42 Å². The van der Waals surface area contributed by atoms with Crippen LogP contribution in [-0.4, -0.2) is 11.5 Å². The minimum Gasteiger partial charge on any atom is -0.439 e. The summed E-state index contributed by atoms with van der Waals surface area (Å²) in [6, 6.07) is 6.47. The maximum absolute atomic E-state index is 5.91. The molecule has 1 aliphatic rings. The summed E-state index contributed by atoms with van der Waals surface area (Å²) in [7, 11) is 0. The number of hydrogen-bond acceptors (Lipinski definition) is 3. The van der Waals surface area contributed by atoms with E-state index in [9.17, 15) is 0 Å². The maximum atomic E-state index is 5.91. The lowest BCUT2D eigenvalue weighted by atomic mass is 9.90. The molecular formula is C15H20N2O. The highest BCUT2D eigenvalue weighted by Crippen LogP contribution is 2.30. The largest absolute Gasteiger partial charge is 0.439 e. The molecule has 18 heavy (non-hydrogen) atoms. The van der Waals surface area contributed by atoms with Gasteiger partial charge in [0.05, 0.1) is 6.04 Å². The van der Waals surface area contributed by atoms with Gasteiger partial charge in [-0.2, -0.15) is 0 Å². The van der Waals surface area contributed by atoms with Crippen LogP contribution < -0.4 is 5.32 Å². The summed E-state index contributed by atoms with van der Waals surface area (Å²) in [6.07, 6.45) is 3.66.